The van der Waals surface area contributed by atoms with Crippen molar-refractivity contribution in [3.63, 3.8) is 0 Å². The number of carbonyl (C=O) groups excluding carboxylic acids is 1. The zero-order valence-corrected chi connectivity index (χ0v) is 23.3. The van der Waals surface area contributed by atoms with Gasteiger partial charge in [0.15, 0.2) is 4.80 Å². The molecule has 0 aliphatic heterocycles. The van der Waals surface area contributed by atoms with Crippen molar-refractivity contribution in [1.82, 2.24) is 8.87 Å². The zero-order chi connectivity index (χ0) is 26.6. The van der Waals surface area contributed by atoms with Crippen LogP contribution in [-0.4, -0.2) is 29.7 Å². The lowest BCUT2D eigenvalue weighted by Crippen LogP contribution is -2.30. The molecule has 0 radical (unpaired) electrons. The van der Waals surface area contributed by atoms with Crippen molar-refractivity contribution in [3.8, 4) is 0 Å². The van der Waals surface area contributed by atoms with Gasteiger partial charge in [-0.15, -0.1) is 0 Å². The van der Waals surface area contributed by atoms with Gasteiger partial charge in [0, 0.05) is 25.2 Å². The van der Waals surface area contributed by atoms with Gasteiger partial charge in [-0.1, -0.05) is 75.4 Å². The van der Waals surface area contributed by atoms with Crippen molar-refractivity contribution in [3.05, 3.63) is 94.3 Å². The molecule has 1 heterocycles. The van der Waals surface area contributed by atoms with Crippen LogP contribution >= 0.6 is 11.3 Å². The first-order valence-electron chi connectivity index (χ1n) is 12.6. The van der Waals surface area contributed by atoms with E-state index >= 15 is 0 Å². The van der Waals surface area contributed by atoms with Crippen molar-refractivity contribution < 1.29 is 13.2 Å². The lowest BCUT2D eigenvalue weighted by atomic mass is 10.0. The van der Waals surface area contributed by atoms with E-state index in [-0.39, 0.29) is 17.3 Å². The summed E-state index contributed by atoms with van der Waals surface area (Å²) in [5, 5.41) is 0. The van der Waals surface area contributed by atoms with Gasteiger partial charge in [0.05, 0.1) is 15.1 Å². The molecule has 4 aromatic rings. The van der Waals surface area contributed by atoms with Crippen LogP contribution in [0.1, 0.15) is 61.5 Å². The number of benzene rings is 3. The van der Waals surface area contributed by atoms with Crippen LogP contribution in [0.4, 0.5) is 0 Å². The van der Waals surface area contributed by atoms with Crippen molar-refractivity contribution >= 4 is 37.5 Å². The number of aromatic nitrogens is 1. The van der Waals surface area contributed by atoms with Crippen LogP contribution in [0.15, 0.2) is 82.7 Å². The lowest BCUT2D eigenvalue weighted by Gasteiger charge is -2.20. The molecular formula is C29H33N3O3S2. The zero-order valence-electron chi connectivity index (χ0n) is 21.7. The van der Waals surface area contributed by atoms with Crippen LogP contribution in [0.2, 0.25) is 0 Å². The fraction of sp³-hybridized carbons (Fsp3) is 0.310. The number of aryl methyl sites for hydroxylation is 1. The largest absolute Gasteiger partial charge is 0.316 e. The van der Waals surface area contributed by atoms with Crippen LogP contribution in [0.3, 0.4) is 0 Å². The molecule has 0 saturated heterocycles. The summed E-state index contributed by atoms with van der Waals surface area (Å²) in [7, 11) is -3.70. The fourth-order valence-electron chi connectivity index (χ4n) is 4.20. The SMILES string of the molecule is CCCn1c(=NC(=O)c2ccc(S(=O)(=O)N(CC)Cc3ccccc3)cc2)sc2cc(C(C)C)ccc21. The third-order valence-electron chi connectivity index (χ3n) is 6.31. The van der Waals surface area contributed by atoms with Crippen LogP contribution in [0.5, 0.6) is 0 Å². The molecule has 1 aromatic heterocycles. The molecule has 3 aromatic carbocycles. The van der Waals surface area contributed by atoms with Crippen LogP contribution in [0.25, 0.3) is 10.2 Å². The van der Waals surface area contributed by atoms with E-state index in [1.54, 1.807) is 12.1 Å². The van der Waals surface area contributed by atoms with Crippen LogP contribution in [0, 0.1) is 0 Å². The third-order valence-corrected chi connectivity index (χ3v) is 9.29. The van der Waals surface area contributed by atoms with Gasteiger partial charge < -0.3 is 4.57 Å². The van der Waals surface area contributed by atoms with E-state index in [1.807, 2.05) is 37.3 Å². The summed E-state index contributed by atoms with van der Waals surface area (Å²) in [5.74, 6) is 0.0281. The van der Waals surface area contributed by atoms with Crippen LogP contribution in [-0.2, 0) is 23.1 Å². The summed E-state index contributed by atoms with van der Waals surface area (Å²) in [6, 6.07) is 22.0. The summed E-state index contributed by atoms with van der Waals surface area (Å²) in [4.78, 5) is 18.3. The molecule has 4 rings (SSSR count). The minimum absolute atomic E-state index is 0.158. The second-order valence-corrected chi connectivity index (χ2v) is 12.2. The second-order valence-electron chi connectivity index (χ2n) is 9.28. The number of hydrogen-bond donors (Lipinski definition) is 0. The Morgan fingerprint density at radius 2 is 1.70 bits per heavy atom. The smallest absolute Gasteiger partial charge is 0.279 e. The highest BCUT2D eigenvalue weighted by atomic mass is 32.2. The summed E-state index contributed by atoms with van der Waals surface area (Å²) < 4.78 is 31.1. The van der Waals surface area contributed by atoms with Gasteiger partial charge in [0.1, 0.15) is 0 Å². The third kappa shape index (κ3) is 5.92. The van der Waals surface area contributed by atoms with E-state index in [0.29, 0.717) is 22.8 Å². The number of carbonyl (C=O) groups is 1. The molecule has 0 unspecified atom stereocenters. The van der Waals surface area contributed by atoms with Gasteiger partial charge in [-0.05, 0) is 59.9 Å². The summed E-state index contributed by atoms with van der Waals surface area (Å²) in [6.45, 7) is 9.63. The van der Waals surface area contributed by atoms with E-state index in [0.717, 1.165) is 28.7 Å². The molecule has 6 nitrogen and oxygen atoms in total. The quantitative estimate of drug-likeness (QED) is 0.257. The number of sulfonamides is 1. The fourth-order valence-corrected chi connectivity index (χ4v) is 6.74. The molecule has 0 spiro atoms. The summed E-state index contributed by atoms with van der Waals surface area (Å²) in [6.07, 6.45) is 0.919. The maximum absolute atomic E-state index is 13.2. The number of thiazole rings is 1. The Labute approximate surface area is 223 Å². The normalized spacial score (nSPS) is 12.6. The predicted octanol–water partition coefficient (Wildman–Crippen LogP) is 6.19. The molecule has 0 saturated carbocycles. The van der Waals surface area contributed by atoms with Crippen molar-refractivity contribution in [2.75, 3.05) is 6.54 Å². The summed E-state index contributed by atoms with van der Waals surface area (Å²) in [5.41, 5.74) is 3.60. The molecule has 194 valence electrons. The van der Waals surface area contributed by atoms with E-state index in [2.05, 4.69) is 48.5 Å². The Morgan fingerprint density at radius 3 is 2.32 bits per heavy atom. The molecule has 0 fully saturated rings. The first-order chi connectivity index (χ1) is 17.7. The van der Waals surface area contributed by atoms with E-state index in [9.17, 15) is 13.2 Å². The lowest BCUT2D eigenvalue weighted by molar-refractivity contribution is 0.0997. The molecule has 37 heavy (non-hydrogen) atoms. The molecule has 8 heteroatoms. The van der Waals surface area contributed by atoms with Gasteiger partial charge in [-0.2, -0.15) is 9.30 Å². The predicted molar refractivity (Wildman–Crippen MR) is 150 cm³/mol. The number of amides is 1. The average Bonchev–Trinajstić information content (AvgIpc) is 3.24. The Hall–Kier alpha value is -3.07. The molecule has 1 amide bonds. The minimum Gasteiger partial charge on any atom is -0.316 e. The topological polar surface area (TPSA) is 71.7 Å². The van der Waals surface area contributed by atoms with Gasteiger partial charge in [-0.3, -0.25) is 4.79 Å². The highest BCUT2D eigenvalue weighted by Gasteiger charge is 2.23. The Morgan fingerprint density at radius 1 is 1.00 bits per heavy atom. The minimum atomic E-state index is -3.70. The molecular weight excluding hydrogens is 502 g/mol. The molecule has 0 aliphatic rings. The number of nitrogens with zero attached hydrogens (tertiary/aromatic N) is 3. The van der Waals surface area contributed by atoms with Crippen molar-refractivity contribution in [1.29, 1.82) is 0 Å². The van der Waals surface area contributed by atoms with Gasteiger partial charge in [-0.25, -0.2) is 8.42 Å². The molecule has 0 bridgehead atoms. The number of rotatable bonds is 9. The van der Waals surface area contributed by atoms with Gasteiger partial charge in [0.25, 0.3) is 5.91 Å². The number of fused-ring (bicyclic) bond motifs is 1. The highest BCUT2D eigenvalue weighted by Crippen LogP contribution is 2.24. The molecule has 0 aliphatic carbocycles. The molecule has 0 atom stereocenters. The standard InChI is InChI=1S/C29H33N3O3S2/c1-5-18-32-26-17-14-24(21(3)4)19-27(26)36-29(32)30-28(33)23-12-15-25(16-13-23)37(34,35)31(6-2)20-22-10-8-7-9-11-22/h7-17,19,21H,5-6,18,20H2,1-4H3. The van der Waals surface area contributed by atoms with Crippen molar-refractivity contribution in [2.45, 2.75) is 58.0 Å². The second kappa shape index (κ2) is 11.5. The Kier molecular flexibility index (Phi) is 8.42. The average molecular weight is 536 g/mol. The Balaban J connectivity index is 1.62. The highest BCUT2D eigenvalue weighted by molar-refractivity contribution is 7.89. The monoisotopic (exact) mass is 535 g/mol. The first kappa shape index (κ1) is 27.0. The Bertz CT molecular complexity index is 1550. The van der Waals surface area contributed by atoms with E-state index < -0.39 is 10.0 Å². The maximum Gasteiger partial charge on any atom is 0.279 e. The van der Waals surface area contributed by atoms with Gasteiger partial charge in [0.2, 0.25) is 10.0 Å². The van der Waals surface area contributed by atoms with Crippen LogP contribution < -0.4 is 4.80 Å². The van der Waals surface area contributed by atoms with E-state index in [4.69, 9.17) is 0 Å². The molecule has 0 N–H and O–H groups in total. The van der Waals surface area contributed by atoms with Gasteiger partial charge >= 0.3 is 0 Å². The first-order valence-corrected chi connectivity index (χ1v) is 14.9. The summed E-state index contributed by atoms with van der Waals surface area (Å²) >= 11 is 1.51. The van der Waals surface area contributed by atoms with Crippen molar-refractivity contribution in [2.24, 2.45) is 4.99 Å². The number of hydrogen-bond acceptors (Lipinski definition) is 4. The van der Waals surface area contributed by atoms with E-state index in [1.165, 1.54) is 33.3 Å². The maximum atomic E-state index is 13.2.